The van der Waals surface area contributed by atoms with E-state index in [1.165, 1.54) is 7.11 Å². The number of carbonyl (C=O) groups excluding carboxylic acids is 2. The van der Waals surface area contributed by atoms with E-state index in [2.05, 4.69) is 15.2 Å². The number of carbonyl (C=O) groups is 2. The zero-order chi connectivity index (χ0) is 27.6. The topological polar surface area (TPSA) is 93.9 Å². The first-order valence-electron chi connectivity index (χ1n) is 12.4. The fourth-order valence-corrected chi connectivity index (χ4v) is 5.03. The lowest BCUT2D eigenvalue weighted by Crippen LogP contribution is -2.40. The van der Waals surface area contributed by atoms with Crippen molar-refractivity contribution in [1.29, 1.82) is 0 Å². The third-order valence-corrected chi connectivity index (χ3v) is 6.85. The van der Waals surface area contributed by atoms with Crippen molar-refractivity contribution in [1.82, 2.24) is 10.3 Å². The number of benzene rings is 1. The van der Waals surface area contributed by atoms with Crippen molar-refractivity contribution in [2.75, 3.05) is 31.8 Å². The van der Waals surface area contributed by atoms with Crippen LogP contribution in [0.25, 0.3) is 11.0 Å². The second kappa shape index (κ2) is 11.0. The Labute approximate surface area is 218 Å². The van der Waals surface area contributed by atoms with Gasteiger partial charge in [-0.15, -0.1) is 0 Å². The molecule has 0 unspecified atom stereocenters. The molecule has 1 saturated heterocycles. The predicted octanol–water partition coefficient (Wildman–Crippen LogP) is 5.22. The minimum Gasteiger partial charge on any atom is -0.496 e. The maximum absolute atomic E-state index is 13.6. The molecular formula is C27H30F3N3O5. The van der Waals surface area contributed by atoms with Crippen molar-refractivity contribution in [3.63, 3.8) is 0 Å². The molecule has 204 valence electrons. The van der Waals surface area contributed by atoms with Crippen LogP contribution in [-0.2, 0) is 17.5 Å². The molecule has 1 aliphatic heterocycles. The van der Waals surface area contributed by atoms with Gasteiger partial charge in [0, 0.05) is 66.8 Å². The number of hydrogen-bond acceptors (Lipinski definition) is 7. The first kappa shape index (κ1) is 27.4. The van der Waals surface area contributed by atoms with Crippen LogP contribution in [0.2, 0.25) is 0 Å². The van der Waals surface area contributed by atoms with Crippen LogP contribution in [0.4, 0.5) is 18.9 Å². The van der Waals surface area contributed by atoms with Crippen LogP contribution in [-0.4, -0.2) is 50.1 Å². The van der Waals surface area contributed by atoms with Crippen LogP contribution in [0.5, 0.6) is 5.75 Å². The number of fused-ring (bicyclic) bond motifs is 1. The van der Waals surface area contributed by atoms with Crippen molar-refractivity contribution in [3.8, 4) is 5.75 Å². The van der Waals surface area contributed by atoms with Gasteiger partial charge in [-0.3, -0.25) is 9.59 Å². The largest absolute Gasteiger partial charge is 0.496 e. The van der Waals surface area contributed by atoms with Gasteiger partial charge in [-0.2, -0.15) is 13.2 Å². The normalized spacial score (nSPS) is 14.5. The number of rotatable bonds is 8. The van der Waals surface area contributed by atoms with E-state index in [9.17, 15) is 22.8 Å². The van der Waals surface area contributed by atoms with Gasteiger partial charge in [-0.05, 0) is 45.2 Å². The summed E-state index contributed by atoms with van der Waals surface area (Å²) >= 11 is 0. The van der Waals surface area contributed by atoms with E-state index in [1.807, 2.05) is 6.92 Å². The standard InChI is InChI=1S/C27H30F3N3O5/c1-5-33(17-6-8-37-9-7-17)21-12-23-18(11-24(38-23)27(28,29)30)25(16(21)3)26(35)31-13-19-20(14-34)32-15(2)10-22(19)36-4/h10-12,14,17H,5-9,13H2,1-4H3,(H,31,35). The fourth-order valence-electron chi connectivity index (χ4n) is 5.03. The Balaban J connectivity index is 1.79. The van der Waals surface area contributed by atoms with Crippen molar-refractivity contribution in [3.05, 3.63) is 52.0 Å². The Morgan fingerprint density at radius 2 is 1.95 bits per heavy atom. The summed E-state index contributed by atoms with van der Waals surface area (Å²) in [5.41, 5.74) is 2.25. The number of amides is 1. The van der Waals surface area contributed by atoms with Gasteiger partial charge in [0.05, 0.1) is 12.7 Å². The van der Waals surface area contributed by atoms with Crippen LogP contribution in [0.1, 0.15) is 63.2 Å². The summed E-state index contributed by atoms with van der Waals surface area (Å²) in [6.45, 7) is 7.02. The Kier molecular flexibility index (Phi) is 7.96. The SMILES string of the molecule is CCN(c1cc2oc(C(F)(F)F)cc2c(C(=O)NCc2c(OC)cc(C)nc2C=O)c1C)C1CCOCC1. The van der Waals surface area contributed by atoms with Crippen LogP contribution in [0.15, 0.2) is 22.6 Å². The van der Waals surface area contributed by atoms with Gasteiger partial charge in [-0.25, -0.2) is 4.98 Å². The minimum absolute atomic E-state index is 0.0308. The summed E-state index contributed by atoms with van der Waals surface area (Å²) in [6, 6.07) is 4.18. The summed E-state index contributed by atoms with van der Waals surface area (Å²) in [6.07, 6.45) is -2.63. The molecule has 3 aromatic rings. The first-order chi connectivity index (χ1) is 18.1. The lowest BCUT2D eigenvalue weighted by atomic mass is 9.98. The van der Waals surface area contributed by atoms with Gasteiger partial charge in [0.15, 0.2) is 6.29 Å². The summed E-state index contributed by atoms with van der Waals surface area (Å²) in [4.78, 5) is 31.5. The Morgan fingerprint density at radius 3 is 2.55 bits per heavy atom. The highest BCUT2D eigenvalue weighted by atomic mass is 19.4. The van der Waals surface area contributed by atoms with Gasteiger partial charge in [0.1, 0.15) is 17.0 Å². The van der Waals surface area contributed by atoms with Gasteiger partial charge in [0.25, 0.3) is 5.91 Å². The third kappa shape index (κ3) is 5.33. The molecule has 1 aromatic carbocycles. The molecule has 11 heteroatoms. The van der Waals surface area contributed by atoms with E-state index in [0.717, 1.165) is 18.9 Å². The quantitative estimate of drug-likeness (QED) is 0.397. The number of halogens is 3. The summed E-state index contributed by atoms with van der Waals surface area (Å²) in [7, 11) is 1.44. The van der Waals surface area contributed by atoms with Crippen molar-refractivity contribution in [2.45, 2.75) is 52.4 Å². The van der Waals surface area contributed by atoms with Gasteiger partial charge >= 0.3 is 6.18 Å². The Bertz CT molecular complexity index is 1350. The van der Waals surface area contributed by atoms with E-state index < -0.39 is 17.8 Å². The summed E-state index contributed by atoms with van der Waals surface area (Å²) in [5.74, 6) is -1.42. The minimum atomic E-state index is -4.72. The Morgan fingerprint density at radius 1 is 1.24 bits per heavy atom. The number of aryl methyl sites for hydroxylation is 1. The number of aromatic nitrogens is 1. The highest BCUT2D eigenvalue weighted by molar-refractivity contribution is 6.09. The number of ether oxygens (including phenoxy) is 2. The number of hydrogen-bond donors (Lipinski definition) is 1. The number of nitrogens with one attached hydrogen (secondary N) is 1. The second-order valence-electron chi connectivity index (χ2n) is 9.18. The predicted molar refractivity (Wildman–Crippen MR) is 135 cm³/mol. The van der Waals surface area contributed by atoms with Crippen LogP contribution >= 0.6 is 0 Å². The van der Waals surface area contributed by atoms with E-state index in [1.54, 1.807) is 26.0 Å². The van der Waals surface area contributed by atoms with Crippen molar-refractivity contribution in [2.24, 2.45) is 0 Å². The smallest absolute Gasteiger partial charge is 0.449 e. The van der Waals surface area contributed by atoms with Crippen LogP contribution < -0.4 is 15.0 Å². The highest BCUT2D eigenvalue weighted by Gasteiger charge is 2.37. The fraction of sp³-hybridized carbons (Fsp3) is 0.444. The number of nitrogens with zero attached hydrogens (tertiary/aromatic N) is 2. The molecule has 1 aliphatic rings. The van der Waals surface area contributed by atoms with Crippen LogP contribution in [0, 0.1) is 13.8 Å². The number of aldehydes is 1. The van der Waals surface area contributed by atoms with Gasteiger partial charge < -0.3 is 24.1 Å². The van der Waals surface area contributed by atoms with Crippen molar-refractivity contribution >= 4 is 28.8 Å². The molecule has 38 heavy (non-hydrogen) atoms. The third-order valence-electron chi connectivity index (χ3n) is 6.85. The molecule has 2 aromatic heterocycles. The summed E-state index contributed by atoms with van der Waals surface area (Å²) < 4.78 is 56.8. The second-order valence-corrected chi connectivity index (χ2v) is 9.18. The van der Waals surface area contributed by atoms with E-state index in [-0.39, 0.29) is 34.8 Å². The monoisotopic (exact) mass is 533 g/mol. The zero-order valence-electron chi connectivity index (χ0n) is 21.7. The lowest BCUT2D eigenvalue weighted by Gasteiger charge is -2.36. The molecule has 1 N–H and O–H groups in total. The molecule has 0 bridgehead atoms. The van der Waals surface area contributed by atoms with Gasteiger partial charge in [0.2, 0.25) is 5.76 Å². The summed E-state index contributed by atoms with van der Waals surface area (Å²) in [5, 5.41) is 2.81. The maximum atomic E-state index is 13.6. The number of methoxy groups -OCH3 is 1. The Hall–Kier alpha value is -3.60. The molecule has 3 heterocycles. The molecule has 0 aliphatic carbocycles. The maximum Gasteiger partial charge on any atom is 0.449 e. The van der Waals surface area contributed by atoms with Crippen molar-refractivity contribution < 1.29 is 36.7 Å². The molecule has 0 saturated carbocycles. The van der Waals surface area contributed by atoms with Crippen LogP contribution in [0.3, 0.4) is 0 Å². The molecule has 8 nitrogen and oxygen atoms in total. The number of anilines is 1. The zero-order valence-corrected chi connectivity index (χ0v) is 21.7. The molecule has 1 amide bonds. The lowest BCUT2D eigenvalue weighted by molar-refractivity contribution is -0.152. The average molecular weight is 534 g/mol. The van der Waals surface area contributed by atoms with E-state index >= 15 is 0 Å². The molecule has 0 atom stereocenters. The molecular weight excluding hydrogens is 503 g/mol. The average Bonchev–Trinajstić information content (AvgIpc) is 3.33. The van der Waals surface area contributed by atoms with E-state index in [0.29, 0.717) is 54.3 Å². The molecule has 1 fully saturated rings. The van der Waals surface area contributed by atoms with E-state index in [4.69, 9.17) is 13.9 Å². The number of pyridine rings is 1. The molecule has 0 radical (unpaired) electrons. The first-order valence-corrected chi connectivity index (χ1v) is 12.4. The van der Waals surface area contributed by atoms with Gasteiger partial charge in [-0.1, -0.05) is 0 Å². The number of alkyl halides is 3. The number of furan rings is 1. The molecule has 4 rings (SSSR count). The highest BCUT2D eigenvalue weighted by Crippen LogP contribution is 2.39. The molecule has 0 spiro atoms.